The summed E-state index contributed by atoms with van der Waals surface area (Å²) >= 11 is 0. The normalized spacial score (nSPS) is 10.2. The van der Waals surface area contributed by atoms with Gasteiger partial charge in [-0.1, -0.05) is 0 Å². The molecule has 10 heteroatoms. The van der Waals surface area contributed by atoms with Crippen LogP contribution in [0.15, 0.2) is 24.3 Å². The van der Waals surface area contributed by atoms with Crippen molar-refractivity contribution in [1.82, 2.24) is 0 Å². The van der Waals surface area contributed by atoms with E-state index in [0.717, 1.165) is 0 Å². The van der Waals surface area contributed by atoms with Gasteiger partial charge in [-0.15, -0.1) is 0 Å². The molecule has 0 saturated carbocycles. The summed E-state index contributed by atoms with van der Waals surface area (Å²) in [4.78, 5) is 23.3. The summed E-state index contributed by atoms with van der Waals surface area (Å²) in [7, 11) is 5.22. The van der Waals surface area contributed by atoms with Crippen molar-refractivity contribution in [3.63, 3.8) is 0 Å². The Bertz CT molecular complexity index is 863. The van der Waals surface area contributed by atoms with Gasteiger partial charge in [0.1, 0.15) is 22.6 Å². The van der Waals surface area contributed by atoms with Gasteiger partial charge in [0.25, 0.3) is 0 Å². The highest BCUT2D eigenvalue weighted by atomic mass is 16.5. The smallest absolute Gasteiger partial charge is 0.341 e. The van der Waals surface area contributed by atoms with Gasteiger partial charge in [-0.2, -0.15) is 0 Å². The van der Waals surface area contributed by atoms with Crippen LogP contribution in [0.25, 0.3) is 0 Å². The number of phenols is 2. The second-order valence-electron chi connectivity index (χ2n) is 6.07. The molecule has 0 saturated heterocycles. The van der Waals surface area contributed by atoms with Crippen molar-refractivity contribution in [2.75, 3.05) is 41.7 Å². The van der Waals surface area contributed by atoms with Crippen molar-refractivity contribution in [2.45, 2.75) is 6.42 Å². The molecule has 0 unspecified atom stereocenters. The quantitative estimate of drug-likeness (QED) is 0.423. The van der Waals surface area contributed by atoms with Crippen LogP contribution in [0.5, 0.6) is 34.5 Å². The number of aromatic hydroxyl groups is 2. The zero-order chi connectivity index (χ0) is 23.0. The lowest BCUT2D eigenvalue weighted by atomic mass is 10.1. The fraction of sp³-hybridized carbons (Fsp3) is 0.333. The summed E-state index contributed by atoms with van der Waals surface area (Å²) in [5, 5.41) is 20.0. The Kier molecular flexibility index (Phi) is 8.18. The van der Waals surface area contributed by atoms with Crippen LogP contribution in [-0.2, 0) is 9.47 Å². The van der Waals surface area contributed by atoms with Crippen molar-refractivity contribution < 1.29 is 48.2 Å². The molecule has 0 spiro atoms. The molecule has 2 aromatic carbocycles. The standard InChI is InChI=1S/C21H24O10/c1-26-16-8-12(20(24)28-3)14(22)10-18(16)30-6-5-7-31-19-11-15(23)13(21(25)29-4)9-17(19)27-2/h8-11,22-23H,5-7H2,1-4H3. The Balaban J connectivity index is 1.98. The molecule has 0 atom stereocenters. The first-order chi connectivity index (χ1) is 14.9. The summed E-state index contributed by atoms with van der Waals surface area (Å²) in [6, 6.07) is 5.17. The molecule has 0 amide bonds. The molecule has 10 nitrogen and oxygen atoms in total. The summed E-state index contributed by atoms with van der Waals surface area (Å²) in [5.41, 5.74) is -0.0883. The van der Waals surface area contributed by atoms with Gasteiger partial charge >= 0.3 is 11.9 Å². The molecule has 0 aromatic heterocycles. The van der Waals surface area contributed by atoms with Crippen LogP contribution in [0.4, 0.5) is 0 Å². The third-order valence-corrected chi connectivity index (χ3v) is 4.18. The lowest BCUT2D eigenvalue weighted by Crippen LogP contribution is -2.08. The fourth-order valence-corrected chi connectivity index (χ4v) is 2.61. The molecule has 2 rings (SSSR count). The number of carbonyl (C=O) groups excluding carboxylic acids is 2. The van der Waals surface area contributed by atoms with Crippen LogP contribution < -0.4 is 18.9 Å². The first kappa shape index (κ1) is 23.5. The first-order valence-corrected chi connectivity index (χ1v) is 9.10. The lowest BCUT2D eigenvalue weighted by molar-refractivity contribution is 0.0587. The van der Waals surface area contributed by atoms with Gasteiger partial charge in [-0.3, -0.25) is 0 Å². The summed E-state index contributed by atoms with van der Waals surface area (Å²) < 4.78 is 30.8. The molecule has 0 fully saturated rings. The third-order valence-electron chi connectivity index (χ3n) is 4.18. The monoisotopic (exact) mass is 436 g/mol. The van der Waals surface area contributed by atoms with E-state index in [1.807, 2.05) is 0 Å². The molecular weight excluding hydrogens is 412 g/mol. The second-order valence-corrected chi connectivity index (χ2v) is 6.07. The van der Waals surface area contributed by atoms with E-state index in [9.17, 15) is 19.8 Å². The number of benzene rings is 2. The minimum atomic E-state index is -0.703. The molecule has 0 aliphatic carbocycles. The molecule has 0 heterocycles. The van der Waals surface area contributed by atoms with E-state index in [1.54, 1.807) is 0 Å². The molecule has 0 bridgehead atoms. The maximum atomic E-state index is 11.7. The van der Waals surface area contributed by atoms with E-state index in [0.29, 0.717) is 6.42 Å². The number of hydrogen-bond donors (Lipinski definition) is 2. The molecule has 168 valence electrons. The average Bonchev–Trinajstić information content (AvgIpc) is 2.78. The van der Waals surface area contributed by atoms with E-state index in [2.05, 4.69) is 9.47 Å². The minimum Gasteiger partial charge on any atom is -0.507 e. The highest BCUT2D eigenvalue weighted by molar-refractivity contribution is 5.93. The van der Waals surface area contributed by atoms with E-state index in [4.69, 9.17) is 18.9 Å². The van der Waals surface area contributed by atoms with E-state index in [-0.39, 0.29) is 58.8 Å². The van der Waals surface area contributed by atoms with Crippen LogP contribution in [0.2, 0.25) is 0 Å². The van der Waals surface area contributed by atoms with Gasteiger partial charge in [0, 0.05) is 30.7 Å². The first-order valence-electron chi connectivity index (χ1n) is 9.10. The molecule has 0 aliphatic rings. The molecule has 31 heavy (non-hydrogen) atoms. The summed E-state index contributed by atoms with van der Waals surface area (Å²) in [6.45, 7) is 0.393. The number of methoxy groups -OCH3 is 4. The Labute approximate surface area is 178 Å². The fourth-order valence-electron chi connectivity index (χ4n) is 2.61. The van der Waals surface area contributed by atoms with Gasteiger partial charge in [0.15, 0.2) is 23.0 Å². The third kappa shape index (κ3) is 5.62. The zero-order valence-electron chi connectivity index (χ0n) is 17.6. The Morgan fingerprint density at radius 1 is 0.677 bits per heavy atom. The molecular formula is C21H24O10. The number of phenolic OH excluding ortho intramolecular Hbond substituents is 2. The number of carbonyl (C=O) groups is 2. The maximum absolute atomic E-state index is 11.7. The molecule has 2 aromatic rings. The number of esters is 2. The minimum absolute atomic E-state index is 0.0441. The Morgan fingerprint density at radius 2 is 1.06 bits per heavy atom. The van der Waals surface area contributed by atoms with Gasteiger partial charge in [0.05, 0.1) is 41.7 Å². The van der Waals surface area contributed by atoms with Crippen molar-refractivity contribution in [2.24, 2.45) is 0 Å². The van der Waals surface area contributed by atoms with E-state index >= 15 is 0 Å². The van der Waals surface area contributed by atoms with Gasteiger partial charge in [-0.25, -0.2) is 9.59 Å². The Morgan fingerprint density at radius 3 is 1.39 bits per heavy atom. The lowest BCUT2D eigenvalue weighted by Gasteiger charge is -2.14. The topological polar surface area (TPSA) is 130 Å². The van der Waals surface area contributed by atoms with Crippen molar-refractivity contribution in [1.29, 1.82) is 0 Å². The van der Waals surface area contributed by atoms with Gasteiger partial charge < -0.3 is 38.6 Å². The predicted octanol–water partition coefficient (Wildman–Crippen LogP) is 2.54. The van der Waals surface area contributed by atoms with Crippen LogP contribution in [-0.4, -0.2) is 63.8 Å². The highest BCUT2D eigenvalue weighted by Gasteiger charge is 2.18. The van der Waals surface area contributed by atoms with Gasteiger partial charge in [-0.05, 0) is 0 Å². The van der Waals surface area contributed by atoms with Crippen molar-refractivity contribution in [3.05, 3.63) is 35.4 Å². The Hall–Kier alpha value is -3.82. The average molecular weight is 436 g/mol. The number of rotatable bonds is 10. The zero-order valence-corrected chi connectivity index (χ0v) is 17.6. The second kappa shape index (κ2) is 10.8. The van der Waals surface area contributed by atoms with Crippen LogP contribution in [0.3, 0.4) is 0 Å². The highest BCUT2D eigenvalue weighted by Crippen LogP contribution is 2.36. The van der Waals surface area contributed by atoms with Crippen molar-refractivity contribution in [3.8, 4) is 34.5 Å². The van der Waals surface area contributed by atoms with E-state index in [1.165, 1.54) is 52.7 Å². The van der Waals surface area contributed by atoms with Crippen LogP contribution in [0.1, 0.15) is 27.1 Å². The number of hydrogen-bond acceptors (Lipinski definition) is 10. The molecule has 0 radical (unpaired) electrons. The summed E-state index contributed by atoms with van der Waals surface area (Å²) in [6.07, 6.45) is 0.422. The molecule has 2 N–H and O–H groups in total. The van der Waals surface area contributed by atoms with Crippen LogP contribution >= 0.6 is 0 Å². The van der Waals surface area contributed by atoms with Crippen LogP contribution in [0, 0.1) is 0 Å². The summed E-state index contributed by atoms with van der Waals surface area (Å²) in [5.74, 6) is -1.02. The largest absolute Gasteiger partial charge is 0.507 e. The van der Waals surface area contributed by atoms with Crippen molar-refractivity contribution >= 4 is 11.9 Å². The SMILES string of the molecule is COC(=O)c1cc(OC)c(OCCCOc2cc(O)c(C(=O)OC)cc2OC)cc1O. The van der Waals surface area contributed by atoms with Gasteiger partial charge in [0.2, 0.25) is 0 Å². The van der Waals surface area contributed by atoms with E-state index < -0.39 is 11.9 Å². The maximum Gasteiger partial charge on any atom is 0.341 e. The predicted molar refractivity (Wildman–Crippen MR) is 108 cm³/mol. The number of ether oxygens (including phenoxy) is 6. The molecule has 0 aliphatic heterocycles.